The van der Waals surface area contributed by atoms with Gasteiger partial charge in [-0.3, -0.25) is 19.8 Å². The zero-order valence-corrected chi connectivity index (χ0v) is 34.4. The number of β-amino-alcohol motifs (C(OH)–C–C–N with tert-alkyl or cyclic N) is 1. The zero-order valence-electron chi connectivity index (χ0n) is 34.4. The second-order valence-electron chi connectivity index (χ2n) is 16.3. The molecule has 6 aromatic heterocycles. The molecule has 3 aliphatic rings. The number of benzene rings is 2. The molecule has 3 fully saturated rings. The van der Waals surface area contributed by atoms with Crippen molar-refractivity contribution in [3.05, 3.63) is 118 Å². The topological polar surface area (TPSA) is 154 Å². The van der Waals surface area contributed by atoms with Gasteiger partial charge in [0.1, 0.15) is 11.2 Å². The largest absolute Gasteiger partial charge is 0.422 e. The van der Waals surface area contributed by atoms with E-state index in [1.807, 2.05) is 83.8 Å². The molecule has 2 aromatic carbocycles. The number of fused-ring (bicyclic) bond motifs is 4. The van der Waals surface area contributed by atoms with Crippen LogP contribution in [0, 0.1) is 13.8 Å². The van der Waals surface area contributed by atoms with Gasteiger partial charge in [-0.15, -0.1) is 0 Å². The van der Waals surface area contributed by atoms with Crippen LogP contribution < -0.4 is 21.1 Å². The van der Waals surface area contributed by atoms with Crippen LogP contribution in [0.4, 0.5) is 11.4 Å². The van der Waals surface area contributed by atoms with Crippen LogP contribution in [-0.2, 0) is 0 Å². The molecule has 15 nitrogen and oxygen atoms in total. The third-order valence-electron chi connectivity index (χ3n) is 12.4. The Bertz CT molecular complexity index is 3010. The van der Waals surface area contributed by atoms with Crippen LogP contribution in [-0.4, -0.2) is 115 Å². The summed E-state index contributed by atoms with van der Waals surface area (Å²) in [5.41, 5.74) is 7.81. The predicted molar refractivity (Wildman–Crippen MR) is 236 cm³/mol. The number of anilines is 2. The molecule has 0 atom stereocenters. The van der Waals surface area contributed by atoms with Crippen molar-refractivity contribution in [1.29, 1.82) is 0 Å². The molecule has 2 aliphatic heterocycles. The molecule has 312 valence electrons. The Labute approximate surface area is 351 Å². The van der Waals surface area contributed by atoms with Crippen molar-refractivity contribution in [2.45, 2.75) is 39.2 Å². The van der Waals surface area contributed by atoms with Crippen molar-refractivity contribution in [3.8, 4) is 22.5 Å². The van der Waals surface area contributed by atoms with Crippen molar-refractivity contribution in [2.75, 3.05) is 75.3 Å². The van der Waals surface area contributed by atoms with Gasteiger partial charge in [-0.1, -0.05) is 6.42 Å². The summed E-state index contributed by atoms with van der Waals surface area (Å²) < 4.78 is 15.1. The SMILES string of the molecule is Cc1cn2cc(-c3cc4ccc(N5CCN(C6CCC6)CC5)cc4oc3=O)nc2cn1.Cc1cn2cc(-c3cc4ccc(N5CCN(CCO)CC5)cc4oc3=O)nc2cn1. The number of piperazine rings is 2. The van der Waals surface area contributed by atoms with E-state index in [0.717, 1.165) is 91.9 Å². The normalized spacial score (nSPS) is 16.7. The number of aliphatic hydroxyl groups excluding tert-OH is 1. The lowest BCUT2D eigenvalue weighted by Gasteiger charge is -2.43. The second-order valence-corrected chi connectivity index (χ2v) is 16.3. The molecule has 0 radical (unpaired) electrons. The number of imidazole rings is 2. The van der Waals surface area contributed by atoms with Gasteiger partial charge in [0.15, 0.2) is 11.3 Å². The standard InChI is InChI=1S/C24H25N5O2.C22H23N5O3/c1-16-14-29-15-21(26-23(29)13-25-16)20-11-17-5-6-19(12-22(17)31-24(20)30)28-9-7-27(8-10-28)18-3-2-4-18;1-15-13-27-14-19(24-21(27)12-23-15)18-10-16-2-3-17(11-20(16)30-22(18)29)26-6-4-25(5-7-26)8-9-28/h5-6,11-15,18H,2-4,7-10H2,1H3;2-3,10-14,28H,4-9H2,1H3. The third kappa shape index (κ3) is 7.87. The van der Waals surface area contributed by atoms with Crippen LogP contribution in [0.15, 0.2) is 104 Å². The van der Waals surface area contributed by atoms with Gasteiger partial charge < -0.3 is 32.5 Å². The Hall–Kier alpha value is -6.42. The van der Waals surface area contributed by atoms with E-state index in [-0.39, 0.29) is 12.2 Å². The molecule has 1 N–H and O–H groups in total. The first-order chi connectivity index (χ1) is 29.7. The summed E-state index contributed by atoms with van der Waals surface area (Å²) in [6.07, 6.45) is 14.9. The van der Waals surface area contributed by atoms with Gasteiger partial charge in [-0.05, 0) is 63.1 Å². The quantitative estimate of drug-likeness (QED) is 0.204. The Morgan fingerprint density at radius 1 is 0.639 bits per heavy atom. The first kappa shape index (κ1) is 38.8. The van der Waals surface area contributed by atoms with Crippen molar-refractivity contribution in [2.24, 2.45) is 0 Å². The Morgan fingerprint density at radius 2 is 1.13 bits per heavy atom. The van der Waals surface area contributed by atoms with Crippen LogP contribution in [0.3, 0.4) is 0 Å². The molecule has 1 saturated carbocycles. The molecular formula is C46H48N10O5. The maximum atomic E-state index is 12.8. The highest BCUT2D eigenvalue weighted by molar-refractivity contribution is 5.85. The minimum atomic E-state index is -0.402. The monoisotopic (exact) mass is 820 g/mol. The lowest BCUT2D eigenvalue weighted by Crippen LogP contribution is -2.52. The van der Waals surface area contributed by atoms with Crippen molar-refractivity contribution in [1.82, 2.24) is 38.5 Å². The number of nitrogens with zero attached hydrogens (tertiary/aromatic N) is 10. The summed E-state index contributed by atoms with van der Waals surface area (Å²) in [7, 11) is 0. The molecule has 0 amide bonds. The highest BCUT2D eigenvalue weighted by Crippen LogP contribution is 2.30. The van der Waals surface area contributed by atoms with Crippen LogP contribution in [0.2, 0.25) is 0 Å². The summed E-state index contributed by atoms with van der Waals surface area (Å²) in [5.74, 6) is 0. The highest BCUT2D eigenvalue weighted by atomic mass is 16.4. The maximum absolute atomic E-state index is 12.8. The minimum absolute atomic E-state index is 0.186. The summed E-state index contributed by atoms with van der Waals surface area (Å²) in [4.78, 5) is 52.6. The lowest BCUT2D eigenvalue weighted by molar-refractivity contribution is 0.120. The summed E-state index contributed by atoms with van der Waals surface area (Å²) in [6, 6.07) is 16.7. The summed E-state index contributed by atoms with van der Waals surface area (Å²) in [5, 5.41) is 10.9. The number of aromatic nitrogens is 6. The van der Waals surface area contributed by atoms with Gasteiger partial charge in [0.05, 0.1) is 52.9 Å². The Balaban J connectivity index is 0.000000146. The smallest absolute Gasteiger partial charge is 0.345 e. The summed E-state index contributed by atoms with van der Waals surface area (Å²) in [6.45, 7) is 12.5. The van der Waals surface area contributed by atoms with Gasteiger partial charge in [-0.25, -0.2) is 19.6 Å². The fourth-order valence-electron chi connectivity index (χ4n) is 8.68. The van der Waals surface area contributed by atoms with Crippen LogP contribution in [0.25, 0.3) is 55.7 Å². The molecule has 0 unspecified atom stereocenters. The van der Waals surface area contributed by atoms with Crippen LogP contribution in [0.5, 0.6) is 0 Å². The van der Waals surface area contributed by atoms with Crippen LogP contribution in [0.1, 0.15) is 30.7 Å². The molecule has 15 heteroatoms. The molecule has 1 aliphatic carbocycles. The Morgan fingerprint density at radius 3 is 1.59 bits per heavy atom. The van der Waals surface area contributed by atoms with E-state index in [9.17, 15) is 9.59 Å². The van der Waals surface area contributed by atoms with E-state index in [4.69, 9.17) is 13.9 Å². The first-order valence-corrected chi connectivity index (χ1v) is 21.1. The van der Waals surface area contributed by atoms with Gasteiger partial charge in [0.25, 0.3) is 0 Å². The van der Waals surface area contributed by atoms with Gasteiger partial charge in [-0.2, -0.15) is 0 Å². The van der Waals surface area contributed by atoms with Crippen molar-refractivity contribution in [3.63, 3.8) is 0 Å². The number of aryl methyl sites for hydroxylation is 2. The Kier molecular flexibility index (Phi) is 10.3. The van der Waals surface area contributed by atoms with Crippen LogP contribution >= 0.6 is 0 Å². The average molecular weight is 821 g/mol. The van der Waals surface area contributed by atoms with Gasteiger partial charge in [0.2, 0.25) is 0 Å². The van der Waals surface area contributed by atoms with Gasteiger partial charge >= 0.3 is 11.3 Å². The number of hydrogen-bond acceptors (Lipinski definition) is 13. The molecule has 8 heterocycles. The highest BCUT2D eigenvalue weighted by Gasteiger charge is 2.28. The fourth-order valence-corrected chi connectivity index (χ4v) is 8.68. The summed E-state index contributed by atoms with van der Waals surface area (Å²) >= 11 is 0. The van der Waals surface area contributed by atoms with E-state index >= 15 is 0 Å². The number of hydrogen-bond donors (Lipinski definition) is 1. The third-order valence-corrected chi connectivity index (χ3v) is 12.4. The molecule has 0 bridgehead atoms. The average Bonchev–Trinajstić information content (AvgIpc) is 3.87. The molecule has 8 aromatic rings. The van der Waals surface area contributed by atoms with E-state index in [2.05, 4.69) is 51.7 Å². The lowest BCUT2D eigenvalue weighted by atomic mass is 9.91. The molecular weight excluding hydrogens is 773 g/mol. The second kappa shape index (κ2) is 16.2. The maximum Gasteiger partial charge on any atom is 0.345 e. The predicted octanol–water partition coefficient (Wildman–Crippen LogP) is 5.41. The van der Waals surface area contributed by atoms with E-state index < -0.39 is 5.63 Å². The molecule has 0 spiro atoms. The first-order valence-electron chi connectivity index (χ1n) is 21.1. The van der Waals surface area contributed by atoms with Crippen molar-refractivity contribution < 1.29 is 13.9 Å². The zero-order chi connectivity index (χ0) is 41.6. The number of rotatable bonds is 7. The number of aliphatic hydroxyl groups is 1. The van der Waals surface area contributed by atoms with Gasteiger partial charge in [0, 0.05) is 124 Å². The molecule has 11 rings (SSSR count). The van der Waals surface area contributed by atoms with Crippen molar-refractivity contribution >= 4 is 44.6 Å². The fraction of sp³-hybridized carbons (Fsp3) is 0.348. The van der Waals surface area contributed by atoms with E-state index in [1.165, 1.54) is 19.3 Å². The molecule has 2 saturated heterocycles. The molecule has 61 heavy (non-hydrogen) atoms. The van der Waals surface area contributed by atoms with E-state index in [1.54, 1.807) is 12.4 Å². The van der Waals surface area contributed by atoms with E-state index in [0.29, 0.717) is 51.5 Å². The minimum Gasteiger partial charge on any atom is -0.422 e.